The molecule has 1 aromatic heterocycles. The largest absolute Gasteiger partial charge is 0.417 e. The van der Waals surface area contributed by atoms with Crippen LogP contribution in [0.4, 0.5) is 0 Å². The third kappa shape index (κ3) is 9.87. The van der Waals surface area contributed by atoms with Crippen LogP contribution in [0.25, 0.3) is 11.0 Å². The van der Waals surface area contributed by atoms with E-state index in [-0.39, 0.29) is 20.9 Å². The Morgan fingerprint density at radius 2 is 1.56 bits per heavy atom. The summed E-state index contributed by atoms with van der Waals surface area (Å²) in [5.41, 5.74) is 4.12. The summed E-state index contributed by atoms with van der Waals surface area (Å²) in [7, 11) is -5.00. The molecular formula is C46H83N3O3Si3. The van der Waals surface area contributed by atoms with Gasteiger partial charge in [-0.2, -0.15) is 0 Å². The molecule has 6 nitrogen and oxygen atoms in total. The maximum Gasteiger partial charge on any atom is 0.192 e. The lowest BCUT2D eigenvalue weighted by Gasteiger charge is -2.58. The predicted molar refractivity (Wildman–Crippen MR) is 242 cm³/mol. The molecule has 0 aliphatic heterocycles. The van der Waals surface area contributed by atoms with E-state index >= 15 is 0 Å². The third-order valence-corrected chi connectivity index (χ3v) is 26.8. The lowest BCUT2D eigenvalue weighted by molar-refractivity contribution is -0.0897. The van der Waals surface area contributed by atoms with Gasteiger partial charge in [0.05, 0.1) is 17.6 Å². The first-order chi connectivity index (χ1) is 25.3. The maximum absolute atomic E-state index is 7.23. The van der Waals surface area contributed by atoms with Crippen LogP contribution in [-0.2, 0) is 26.9 Å². The van der Waals surface area contributed by atoms with Gasteiger partial charge in [0, 0.05) is 27.4 Å². The molecule has 2 aromatic rings. The van der Waals surface area contributed by atoms with Crippen molar-refractivity contribution in [3.8, 4) is 0 Å². The van der Waals surface area contributed by atoms with Gasteiger partial charge in [0.25, 0.3) is 0 Å². The predicted octanol–water partition coefficient (Wildman–Crippen LogP) is 12.7. The highest BCUT2D eigenvalue weighted by Gasteiger charge is 2.57. The fraction of sp³-hybridized carbons (Fsp3) is 0.804. The van der Waals surface area contributed by atoms with Gasteiger partial charge >= 0.3 is 0 Å². The number of benzene rings is 1. The topological polar surface area (TPSA) is 57.5 Å². The standard InChI is InChI=1S/C46H83N3O3Si3/c1-34-21-22-38-37(30-47-31-42-48-40-19-17-18-20-41(40)49(42)33-50-27-28-53(10,11)12)39(24-26-45(34,38)8)46(9)25-23-36(52-55(15,16)44(5,6)7)29-35(46)32-51-54(13,14)43(2,3)4/h17-20,35-39,47H,1,21-33H2,2-16H3/t35-,36?,37+,38+,39+,45-,46+/m1/s1. The second kappa shape index (κ2) is 16.5. The summed E-state index contributed by atoms with van der Waals surface area (Å²) in [5, 5.41) is 4.45. The summed E-state index contributed by atoms with van der Waals surface area (Å²) < 4.78 is 23.1. The van der Waals surface area contributed by atoms with Crippen molar-refractivity contribution in [3.05, 3.63) is 42.2 Å². The van der Waals surface area contributed by atoms with Crippen LogP contribution < -0.4 is 5.32 Å². The first kappa shape index (κ1) is 45.0. The molecule has 1 N–H and O–H groups in total. The molecule has 312 valence electrons. The van der Waals surface area contributed by atoms with Crippen LogP contribution in [0.15, 0.2) is 36.4 Å². The molecule has 55 heavy (non-hydrogen) atoms. The maximum atomic E-state index is 7.23. The van der Waals surface area contributed by atoms with Crippen LogP contribution >= 0.6 is 0 Å². The smallest absolute Gasteiger partial charge is 0.192 e. The Labute approximate surface area is 341 Å². The van der Waals surface area contributed by atoms with Gasteiger partial charge in [-0.1, -0.05) is 99.3 Å². The quantitative estimate of drug-likeness (QED) is 0.110. The van der Waals surface area contributed by atoms with E-state index in [0.717, 1.165) is 56.0 Å². The number of nitrogens with one attached hydrogen (secondary N) is 1. The number of fused-ring (bicyclic) bond motifs is 2. The highest BCUT2D eigenvalue weighted by Crippen LogP contribution is 2.64. The van der Waals surface area contributed by atoms with Crippen LogP contribution in [0.3, 0.4) is 0 Å². The fourth-order valence-electron chi connectivity index (χ4n) is 9.94. The number of ether oxygens (including phenoxy) is 1. The van der Waals surface area contributed by atoms with Gasteiger partial charge in [-0.25, -0.2) is 4.98 Å². The first-order valence-corrected chi connectivity index (χ1v) is 31.5. The monoisotopic (exact) mass is 810 g/mol. The van der Waals surface area contributed by atoms with E-state index in [1.165, 1.54) is 43.7 Å². The van der Waals surface area contributed by atoms with Gasteiger partial charge in [0.15, 0.2) is 16.6 Å². The highest BCUT2D eigenvalue weighted by molar-refractivity contribution is 6.76. The summed E-state index contributed by atoms with van der Waals surface area (Å²) in [6.45, 7) is 45.2. The SMILES string of the molecule is C=C1CC[C@H]2[C@H](CNCc3nc4ccccc4n3COCC[Si](C)(C)C)[C@@H]([C@@]3(C)CCC(O[Si](C)(C)C(C)(C)C)C[C@@H]3CO[Si](C)(C)C(C)(C)C)CC[C@]12C. The van der Waals surface area contributed by atoms with Gasteiger partial charge in [-0.3, -0.25) is 0 Å². The number of allylic oxidation sites excluding steroid dienone is 1. The van der Waals surface area contributed by atoms with Crippen molar-refractivity contribution >= 4 is 35.7 Å². The lowest BCUT2D eigenvalue weighted by atomic mass is 9.49. The van der Waals surface area contributed by atoms with E-state index in [9.17, 15) is 0 Å². The van der Waals surface area contributed by atoms with E-state index in [1.807, 2.05) is 0 Å². The summed E-state index contributed by atoms with van der Waals surface area (Å²) in [5.74, 6) is 3.39. The Bertz CT molecular complexity index is 1620. The number of hydrogen-bond acceptors (Lipinski definition) is 5. The Balaban J connectivity index is 1.42. The molecule has 0 bridgehead atoms. The number of para-hydroxylation sites is 2. The van der Waals surface area contributed by atoms with Crippen molar-refractivity contribution in [2.45, 2.75) is 182 Å². The van der Waals surface area contributed by atoms with Crippen molar-refractivity contribution in [3.63, 3.8) is 0 Å². The van der Waals surface area contributed by atoms with E-state index in [2.05, 4.69) is 135 Å². The van der Waals surface area contributed by atoms with Crippen molar-refractivity contribution in [1.29, 1.82) is 0 Å². The minimum absolute atomic E-state index is 0.185. The molecule has 0 saturated heterocycles. The van der Waals surface area contributed by atoms with Gasteiger partial charge in [0.1, 0.15) is 12.6 Å². The molecule has 3 saturated carbocycles. The molecule has 0 radical (unpaired) electrons. The van der Waals surface area contributed by atoms with Crippen LogP contribution in [0, 0.1) is 34.5 Å². The Morgan fingerprint density at radius 1 is 0.891 bits per heavy atom. The summed E-state index contributed by atoms with van der Waals surface area (Å²) in [4.78, 5) is 5.16. The molecule has 0 spiro atoms. The zero-order valence-electron chi connectivity index (χ0n) is 38.2. The normalized spacial score (nSPS) is 29.9. The number of hydrogen-bond donors (Lipinski definition) is 1. The Morgan fingerprint density at radius 3 is 2.22 bits per heavy atom. The third-order valence-electron chi connectivity index (χ3n) is 16.1. The van der Waals surface area contributed by atoms with Gasteiger partial charge in [-0.15, -0.1) is 0 Å². The number of imidazole rings is 1. The van der Waals surface area contributed by atoms with Gasteiger partial charge in [0.2, 0.25) is 0 Å². The van der Waals surface area contributed by atoms with Crippen LogP contribution in [-0.4, -0.2) is 60.1 Å². The minimum Gasteiger partial charge on any atom is -0.417 e. The van der Waals surface area contributed by atoms with E-state index in [0.29, 0.717) is 36.5 Å². The molecule has 1 aromatic carbocycles. The molecule has 3 fully saturated rings. The molecule has 1 heterocycles. The van der Waals surface area contributed by atoms with Gasteiger partial charge in [-0.05, 0) is 140 Å². The molecule has 0 amide bonds. The molecule has 3 aliphatic rings. The summed E-state index contributed by atoms with van der Waals surface area (Å²) in [6, 6.07) is 9.73. The zero-order valence-corrected chi connectivity index (χ0v) is 41.2. The van der Waals surface area contributed by atoms with Crippen molar-refractivity contribution in [1.82, 2.24) is 14.9 Å². The van der Waals surface area contributed by atoms with E-state index in [1.54, 1.807) is 0 Å². The van der Waals surface area contributed by atoms with Crippen LogP contribution in [0.1, 0.15) is 106 Å². The summed E-state index contributed by atoms with van der Waals surface area (Å²) >= 11 is 0. The minimum atomic E-state index is -1.93. The van der Waals surface area contributed by atoms with Crippen molar-refractivity contribution in [2.75, 3.05) is 19.8 Å². The van der Waals surface area contributed by atoms with Gasteiger partial charge < -0.3 is 23.5 Å². The second-order valence-corrected chi connectivity index (χ2v) is 38.1. The van der Waals surface area contributed by atoms with E-state index in [4.69, 9.17) is 25.2 Å². The van der Waals surface area contributed by atoms with Crippen molar-refractivity contribution in [2.24, 2.45) is 34.5 Å². The second-order valence-electron chi connectivity index (χ2n) is 22.9. The average Bonchev–Trinajstić information content (AvgIpc) is 3.57. The number of rotatable bonds is 15. The number of nitrogens with zero attached hydrogens (tertiary/aromatic N) is 2. The van der Waals surface area contributed by atoms with Crippen LogP contribution in [0.5, 0.6) is 0 Å². The fourth-order valence-corrected chi connectivity index (χ4v) is 13.1. The Hall–Kier alpha value is -1.08. The van der Waals surface area contributed by atoms with Crippen molar-refractivity contribution < 1.29 is 13.6 Å². The molecule has 9 heteroatoms. The molecule has 5 rings (SSSR count). The first-order valence-electron chi connectivity index (χ1n) is 22.0. The zero-order chi connectivity index (χ0) is 40.8. The highest BCUT2D eigenvalue weighted by atomic mass is 28.4. The molecule has 3 aliphatic carbocycles. The molecule has 1 unspecified atom stereocenters. The average molecular weight is 810 g/mol. The van der Waals surface area contributed by atoms with Crippen LogP contribution in [0.2, 0.25) is 61.9 Å². The number of aromatic nitrogens is 2. The lowest BCUT2D eigenvalue weighted by Crippen LogP contribution is -2.55. The summed E-state index contributed by atoms with van der Waals surface area (Å²) in [6.07, 6.45) is 8.77. The molecule has 7 atom stereocenters. The molecular weight excluding hydrogens is 727 g/mol. The Kier molecular flexibility index (Phi) is 13.5. The van der Waals surface area contributed by atoms with E-state index < -0.39 is 24.7 Å².